The Bertz CT molecular complexity index is 294. The van der Waals surface area contributed by atoms with Crippen LogP contribution in [0.5, 0.6) is 0 Å². The Morgan fingerprint density at radius 2 is 2.08 bits per heavy atom. The number of rotatable bonds is 2. The monoisotopic (exact) mass is 165 g/mol. The number of carbonyl (C=O) groups is 1. The first-order valence-corrected chi connectivity index (χ1v) is 3.57. The van der Waals surface area contributed by atoms with Crippen LogP contribution in [-0.2, 0) is 4.79 Å². The van der Waals surface area contributed by atoms with E-state index in [1.807, 2.05) is 0 Å². The van der Waals surface area contributed by atoms with Gasteiger partial charge in [0.1, 0.15) is 6.10 Å². The molecular weight excluding hydrogens is 156 g/mol. The molecule has 3 nitrogen and oxygen atoms in total. The number of aliphatic hydroxyl groups excluding tert-OH is 1. The highest BCUT2D eigenvalue weighted by Crippen LogP contribution is 2.15. The molecule has 0 aromatic heterocycles. The lowest BCUT2D eigenvalue weighted by Crippen LogP contribution is -2.29. The second-order valence-electron chi connectivity index (χ2n) is 2.58. The molecule has 0 bridgehead atoms. The summed E-state index contributed by atoms with van der Waals surface area (Å²) in [6.45, 7) is 1.74. The Balaban J connectivity index is 3.02. The van der Waals surface area contributed by atoms with Gasteiger partial charge in [-0.15, -0.1) is 0 Å². The molecule has 0 radical (unpaired) electrons. The van der Waals surface area contributed by atoms with Crippen molar-refractivity contribution in [3.8, 4) is 0 Å². The maximum absolute atomic E-state index is 10.3. The number of aliphatic carboxylic acids is 1. The van der Waals surface area contributed by atoms with E-state index in [1.165, 1.54) is 0 Å². The molecule has 0 spiro atoms. The number of carboxylic acids is 1. The number of hydrogen-bond acceptors (Lipinski definition) is 3. The van der Waals surface area contributed by atoms with Crippen molar-refractivity contribution < 1.29 is 15.0 Å². The zero-order chi connectivity index (χ0) is 9.14. The van der Waals surface area contributed by atoms with E-state index < -0.39 is 12.1 Å². The van der Waals surface area contributed by atoms with Crippen molar-refractivity contribution in [3.05, 3.63) is 35.4 Å². The topological polar surface area (TPSA) is 60.4 Å². The molecule has 0 heterocycles. The van der Waals surface area contributed by atoms with Crippen LogP contribution in [0.15, 0.2) is 24.3 Å². The Morgan fingerprint density at radius 1 is 1.50 bits per heavy atom. The average Bonchev–Trinajstić information content (AvgIpc) is 2.04. The molecule has 0 aliphatic rings. The summed E-state index contributed by atoms with van der Waals surface area (Å²) in [5.41, 5.74) is 1.13. The van der Waals surface area contributed by atoms with Crippen molar-refractivity contribution in [1.29, 1.82) is 0 Å². The fourth-order valence-corrected chi connectivity index (χ4v) is 1.02. The van der Waals surface area contributed by atoms with Gasteiger partial charge < -0.3 is 15.0 Å². The minimum absolute atomic E-state index is 0.387. The molecule has 1 N–H and O–H groups in total. The number of aliphatic hydroxyl groups is 1. The van der Waals surface area contributed by atoms with E-state index >= 15 is 0 Å². The number of carboxylic acid groups (broad SMARTS) is 1. The normalized spacial score (nSPS) is 12.5. The predicted molar refractivity (Wildman–Crippen MR) is 41.1 cm³/mol. The molecule has 0 aliphatic heterocycles. The Hall–Kier alpha value is -1.35. The van der Waals surface area contributed by atoms with Crippen molar-refractivity contribution in [2.75, 3.05) is 0 Å². The van der Waals surface area contributed by atoms with Gasteiger partial charge in [-0.3, -0.25) is 0 Å². The molecule has 1 aromatic rings. The van der Waals surface area contributed by atoms with Gasteiger partial charge in [0.05, 0.1) is 5.97 Å². The number of carbonyl (C=O) groups excluding carboxylic acids is 1. The third kappa shape index (κ3) is 1.62. The third-order valence-electron chi connectivity index (χ3n) is 1.71. The number of aryl methyl sites for hydroxylation is 1. The fourth-order valence-electron chi connectivity index (χ4n) is 1.02. The van der Waals surface area contributed by atoms with Crippen molar-refractivity contribution in [1.82, 2.24) is 0 Å². The minimum Gasteiger partial charge on any atom is -0.547 e. The highest BCUT2D eigenvalue weighted by molar-refractivity contribution is 5.72. The SMILES string of the molecule is Cc1ccccc1[C@H](O)C(=O)[O-]. The van der Waals surface area contributed by atoms with E-state index in [0.29, 0.717) is 5.56 Å². The van der Waals surface area contributed by atoms with Crippen LogP contribution in [0, 0.1) is 6.92 Å². The molecule has 0 saturated carbocycles. The molecule has 0 saturated heterocycles. The molecule has 0 amide bonds. The second-order valence-corrected chi connectivity index (χ2v) is 2.58. The lowest BCUT2D eigenvalue weighted by Gasteiger charge is -2.13. The maximum atomic E-state index is 10.3. The van der Waals surface area contributed by atoms with E-state index in [4.69, 9.17) is 5.11 Å². The van der Waals surface area contributed by atoms with Gasteiger partial charge >= 0.3 is 0 Å². The summed E-state index contributed by atoms with van der Waals surface area (Å²) in [5.74, 6) is -1.47. The molecule has 3 heteroatoms. The summed E-state index contributed by atoms with van der Waals surface area (Å²) < 4.78 is 0. The predicted octanol–water partition coefficient (Wildman–Crippen LogP) is -0.222. The largest absolute Gasteiger partial charge is 0.547 e. The van der Waals surface area contributed by atoms with Gasteiger partial charge in [0.25, 0.3) is 0 Å². The fraction of sp³-hybridized carbons (Fsp3) is 0.222. The minimum atomic E-state index is -1.52. The average molecular weight is 165 g/mol. The summed E-state index contributed by atoms with van der Waals surface area (Å²) in [4.78, 5) is 10.3. The molecule has 0 unspecified atom stereocenters. The molecule has 12 heavy (non-hydrogen) atoms. The molecule has 0 fully saturated rings. The van der Waals surface area contributed by atoms with Gasteiger partial charge in [0, 0.05) is 0 Å². The van der Waals surface area contributed by atoms with Crippen LogP contribution in [0.3, 0.4) is 0 Å². The molecular formula is C9H9O3-. The molecule has 0 aliphatic carbocycles. The van der Waals surface area contributed by atoms with Crippen LogP contribution in [0.1, 0.15) is 17.2 Å². The lowest BCUT2D eigenvalue weighted by atomic mass is 10.0. The highest BCUT2D eigenvalue weighted by atomic mass is 16.4. The van der Waals surface area contributed by atoms with E-state index in [1.54, 1.807) is 31.2 Å². The Kier molecular flexibility index (Phi) is 2.45. The van der Waals surface area contributed by atoms with Crippen molar-refractivity contribution in [3.63, 3.8) is 0 Å². The van der Waals surface area contributed by atoms with Gasteiger partial charge in [-0.1, -0.05) is 24.3 Å². The third-order valence-corrected chi connectivity index (χ3v) is 1.71. The van der Waals surface area contributed by atoms with Crippen molar-refractivity contribution in [2.24, 2.45) is 0 Å². The quantitative estimate of drug-likeness (QED) is 0.659. The zero-order valence-corrected chi connectivity index (χ0v) is 6.65. The summed E-state index contributed by atoms with van der Waals surface area (Å²) in [6.07, 6.45) is -1.52. The summed E-state index contributed by atoms with van der Waals surface area (Å²) in [6, 6.07) is 6.76. The molecule has 1 aromatic carbocycles. The number of benzene rings is 1. The Morgan fingerprint density at radius 3 is 2.58 bits per heavy atom. The van der Waals surface area contributed by atoms with E-state index in [2.05, 4.69) is 0 Å². The van der Waals surface area contributed by atoms with E-state index in [9.17, 15) is 9.90 Å². The van der Waals surface area contributed by atoms with Crippen LogP contribution < -0.4 is 5.11 Å². The molecule has 64 valence electrons. The van der Waals surface area contributed by atoms with Crippen LogP contribution >= 0.6 is 0 Å². The summed E-state index contributed by atoms with van der Waals surface area (Å²) in [5, 5.41) is 19.4. The van der Waals surface area contributed by atoms with Gasteiger partial charge in [-0.25, -0.2) is 0 Å². The Labute approximate surface area is 70.3 Å². The van der Waals surface area contributed by atoms with Gasteiger partial charge in [0.15, 0.2) is 0 Å². The first-order valence-electron chi connectivity index (χ1n) is 3.57. The maximum Gasteiger partial charge on any atom is 0.119 e. The summed E-state index contributed by atoms with van der Waals surface area (Å²) in [7, 11) is 0. The number of hydrogen-bond donors (Lipinski definition) is 1. The van der Waals surface area contributed by atoms with Gasteiger partial charge in [-0.05, 0) is 18.1 Å². The lowest BCUT2D eigenvalue weighted by molar-refractivity contribution is -0.315. The summed E-state index contributed by atoms with van der Waals surface area (Å²) >= 11 is 0. The zero-order valence-electron chi connectivity index (χ0n) is 6.65. The van der Waals surface area contributed by atoms with Gasteiger partial charge in [0.2, 0.25) is 0 Å². The van der Waals surface area contributed by atoms with Crippen LogP contribution in [0.4, 0.5) is 0 Å². The van der Waals surface area contributed by atoms with Crippen LogP contribution in [0.2, 0.25) is 0 Å². The second kappa shape index (κ2) is 3.36. The standard InChI is InChI=1S/C9H10O3/c1-6-4-2-3-5-7(6)8(10)9(11)12/h2-5,8,10H,1H3,(H,11,12)/p-1/t8-/m0/s1. The van der Waals surface area contributed by atoms with Crippen molar-refractivity contribution >= 4 is 5.97 Å². The first-order chi connectivity index (χ1) is 5.63. The smallest absolute Gasteiger partial charge is 0.119 e. The van der Waals surface area contributed by atoms with Crippen LogP contribution in [0.25, 0.3) is 0 Å². The first kappa shape index (κ1) is 8.74. The van der Waals surface area contributed by atoms with Crippen molar-refractivity contribution in [2.45, 2.75) is 13.0 Å². The van der Waals surface area contributed by atoms with Crippen LogP contribution in [-0.4, -0.2) is 11.1 Å². The molecule has 1 rings (SSSR count). The van der Waals surface area contributed by atoms with E-state index in [-0.39, 0.29) is 0 Å². The van der Waals surface area contributed by atoms with Gasteiger partial charge in [-0.2, -0.15) is 0 Å². The highest BCUT2D eigenvalue weighted by Gasteiger charge is 2.09. The molecule has 1 atom stereocenters. The van der Waals surface area contributed by atoms with E-state index in [0.717, 1.165) is 5.56 Å².